The fourth-order valence-corrected chi connectivity index (χ4v) is 2.19. The molecule has 1 aromatic heterocycles. The first-order chi connectivity index (χ1) is 12.6. The number of nitrogens with one attached hydrogen (secondary N) is 2. The molecule has 0 aliphatic heterocycles. The Bertz CT molecular complexity index is 930. The van der Waals surface area contributed by atoms with Gasteiger partial charge in [-0.2, -0.15) is 0 Å². The van der Waals surface area contributed by atoms with Gasteiger partial charge in [-0.3, -0.25) is 4.79 Å². The first-order valence-electron chi connectivity index (χ1n) is 7.55. The third-order valence-corrected chi connectivity index (χ3v) is 3.44. The van der Waals surface area contributed by atoms with E-state index in [4.69, 9.17) is 4.74 Å². The monoisotopic (exact) mass is 356 g/mol. The van der Waals surface area contributed by atoms with Gasteiger partial charge in [0.15, 0.2) is 0 Å². The van der Waals surface area contributed by atoms with E-state index in [2.05, 4.69) is 20.6 Å². The van der Waals surface area contributed by atoms with Crippen LogP contribution in [0.5, 0.6) is 5.75 Å². The molecule has 6 nitrogen and oxygen atoms in total. The Balaban J connectivity index is 1.79. The third-order valence-electron chi connectivity index (χ3n) is 3.44. The lowest BCUT2D eigenvalue weighted by Gasteiger charge is -2.09. The molecule has 0 atom stereocenters. The summed E-state index contributed by atoms with van der Waals surface area (Å²) in [6.45, 7) is 0. The Morgan fingerprint density at radius 1 is 1.04 bits per heavy atom. The van der Waals surface area contributed by atoms with Crippen molar-refractivity contribution in [1.82, 2.24) is 9.97 Å². The fraction of sp³-hybridized carbons (Fsp3) is 0.0556. The number of halogens is 2. The zero-order valence-electron chi connectivity index (χ0n) is 13.7. The Kier molecular flexibility index (Phi) is 5.02. The van der Waals surface area contributed by atoms with Gasteiger partial charge in [0.05, 0.1) is 7.11 Å². The maximum atomic E-state index is 13.7. The summed E-state index contributed by atoms with van der Waals surface area (Å²) in [4.78, 5) is 20.1. The van der Waals surface area contributed by atoms with Gasteiger partial charge in [-0.25, -0.2) is 18.7 Å². The van der Waals surface area contributed by atoms with Crippen molar-refractivity contribution in [3.05, 3.63) is 72.2 Å². The summed E-state index contributed by atoms with van der Waals surface area (Å²) in [6, 6.07) is 11.6. The van der Waals surface area contributed by atoms with E-state index >= 15 is 0 Å². The highest BCUT2D eigenvalue weighted by molar-refractivity contribution is 6.03. The van der Waals surface area contributed by atoms with Crippen molar-refractivity contribution >= 4 is 23.1 Å². The molecule has 1 heterocycles. The number of rotatable bonds is 5. The zero-order chi connectivity index (χ0) is 18.5. The van der Waals surface area contributed by atoms with Crippen LogP contribution >= 0.6 is 0 Å². The van der Waals surface area contributed by atoms with E-state index < -0.39 is 17.5 Å². The SMILES string of the molecule is COc1cccc(NC(=O)c2cc(Nc3c(F)cccc3F)ncn2)c1. The number of ether oxygens (including phenoxy) is 1. The molecule has 0 aliphatic carbocycles. The summed E-state index contributed by atoms with van der Waals surface area (Å²) in [5.74, 6) is -1.38. The smallest absolute Gasteiger partial charge is 0.274 e. The number of aromatic nitrogens is 2. The van der Waals surface area contributed by atoms with Gasteiger partial charge in [0, 0.05) is 17.8 Å². The van der Waals surface area contributed by atoms with Gasteiger partial charge in [0.25, 0.3) is 5.91 Å². The number of carbonyl (C=O) groups excluding carboxylic acids is 1. The molecule has 0 unspecified atom stereocenters. The lowest BCUT2D eigenvalue weighted by atomic mass is 10.2. The Morgan fingerprint density at radius 2 is 1.77 bits per heavy atom. The molecule has 2 aromatic carbocycles. The minimum absolute atomic E-state index is 0.0297. The Morgan fingerprint density at radius 3 is 2.50 bits per heavy atom. The summed E-state index contributed by atoms with van der Waals surface area (Å²) in [7, 11) is 1.52. The summed E-state index contributed by atoms with van der Waals surface area (Å²) < 4.78 is 32.5. The number of methoxy groups -OCH3 is 1. The van der Waals surface area contributed by atoms with Gasteiger partial charge in [-0.15, -0.1) is 0 Å². The average Bonchev–Trinajstić information content (AvgIpc) is 2.65. The van der Waals surface area contributed by atoms with Gasteiger partial charge < -0.3 is 15.4 Å². The van der Waals surface area contributed by atoms with Crippen LogP contribution in [0.3, 0.4) is 0 Å². The van der Waals surface area contributed by atoms with E-state index in [1.165, 1.54) is 19.2 Å². The second-order valence-electron chi connectivity index (χ2n) is 5.20. The molecular weight excluding hydrogens is 342 g/mol. The Hall–Kier alpha value is -3.55. The molecule has 2 N–H and O–H groups in total. The molecule has 0 aliphatic rings. The van der Waals surface area contributed by atoms with E-state index in [9.17, 15) is 13.6 Å². The lowest BCUT2D eigenvalue weighted by Crippen LogP contribution is -2.14. The molecule has 1 amide bonds. The lowest BCUT2D eigenvalue weighted by molar-refractivity contribution is 0.102. The standard InChI is InChI=1S/C18H14F2N4O2/c1-26-12-5-2-4-11(8-12)23-18(25)15-9-16(22-10-21-15)24-17-13(19)6-3-7-14(17)20/h2-10H,1H3,(H,23,25)(H,21,22,24). The minimum atomic E-state index is -0.772. The van der Waals surface area contributed by atoms with Gasteiger partial charge in [0.2, 0.25) is 0 Å². The van der Waals surface area contributed by atoms with Crippen LogP contribution in [0.25, 0.3) is 0 Å². The molecule has 3 rings (SSSR count). The van der Waals surface area contributed by atoms with Crippen molar-refractivity contribution in [2.24, 2.45) is 0 Å². The molecule has 8 heteroatoms. The topological polar surface area (TPSA) is 76.1 Å². The third kappa shape index (κ3) is 3.92. The van der Waals surface area contributed by atoms with E-state index in [-0.39, 0.29) is 17.2 Å². The highest BCUT2D eigenvalue weighted by Gasteiger charge is 2.13. The van der Waals surface area contributed by atoms with E-state index in [0.717, 1.165) is 18.5 Å². The molecule has 0 radical (unpaired) electrons. The van der Waals surface area contributed by atoms with Crippen LogP contribution in [0.15, 0.2) is 54.9 Å². The van der Waals surface area contributed by atoms with Crippen molar-refractivity contribution in [3.63, 3.8) is 0 Å². The number of hydrogen-bond donors (Lipinski definition) is 2. The first kappa shape index (κ1) is 17.3. The fourth-order valence-electron chi connectivity index (χ4n) is 2.19. The number of anilines is 3. The normalized spacial score (nSPS) is 10.3. The largest absolute Gasteiger partial charge is 0.497 e. The predicted octanol–water partition coefficient (Wildman–Crippen LogP) is 3.76. The molecule has 0 saturated carbocycles. The summed E-state index contributed by atoms with van der Waals surface area (Å²) in [5.41, 5.74) is 0.190. The molecule has 0 saturated heterocycles. The number of hydrogen-bond acceptors (Lipinski definition) is 5. The quantitative estimate of drug-likeness (QED) is 0.728. The summed E-state index contributed by atoms with van der Waals surface area (Å²) in [5, 5.41) is 5.18. The number of carbonyl (C=O) groups is 1. The predicted molar refractivity (Wildman–Crippen MR) is 92.6 cm³/mol. The molecule has 132 valence electrons. The minimum Gasteiger partial charge on any atom is -0.497 e. The molecule has 26 heavy (non-hydrogen) atoms. The zero-order valence-corrected chi connectivity index (χ0v) is 13.7. The van der Waals surface area contributed by atoms with E-state index in [1.807, 2.05) is 0 Å². The molecule has 0 fully saturated rings. The number of para-hydroxylation sites is 1. The summed E-state index contributed by atoms with van der Waals surface area (Å²) >= 11 is 0. The maximum Gasteiger partial charge on any atom is 0.274 e. The van der Waals surface area contributed by atoms with E-state index in [0.29, 0.717) is 11.4 Å². The molecular formula is C18H14F2N4O2. The first-order valence-corrected chi connectivity index (χ1v) is 7.55. The van der Waals surface area contributed by atoms with Crippen LogP contribution in [0.1, 0.15) is 10.5 Å². The highest BCUT2D eigenvalue weighted by atomic mass is 19.1. The van der Waals surface area contributed by atoms with Gasteiger partial charge in [0.1, 0.15) is 40.9 Å². The van der Waals surface area contributed by atoms with Crippen LogP contribution in [-0.4, -0.2) is 23.0 Å². The number of amides is 1. The van der Waals surface area contributed by atoms with Crippen molar-refractivity contribution in [1.29, 1.82) is 0 Å². The van der Waals surface area contributed by atoms with Crippen LogP contribution < -0.4 is 15.4 Å². The number of benzene rings is 2. The van der Waals surface area contributed by atoms with Crippen LogP contribution in [0.2, 0.25) is 0 Å². The van der Waals surface area contributed by atoms with Crippen molar-refractivity contribution in [2.75, 3.05) is 17.7 Å². The van der Waals surface area contributed by atoms with Crippen LogP contribution in [0.4, 0.5) is 26.0 Å². The van der Waals surface area contributed by atoms with E-state index in [1.54, 1.807) is 24.3 Å². The maximum absolute atomic E-state index is 13.7. The van der Waals surface area contributed by atoms with Crippen LogP contribution in [-0.2, 0) is 0 Å². The van der Waals surface area contributed by atoms with Gasteiger partial charge >= 0.3 is 0 Å². The second kappa shape index (κ2) is 7.56. The second-order valence-corrected chi connectivity index (χ2v) is 5.20. The van der Waals surface area contributed by atoms with Gasteiger partial charge in [-0.05, 0) is 24.3 Å². The molecule has 0 spiro atoms. The average molecular weight is 356 g/mol. The van der Waals surface area contributed by atoms with Crippen LogP contribution in [0, 0.1) is 11.6 Å². The molecule has 0 bridgehead atoms. The molecule has 3 aromatic rings. The number of nitrogens with zero attached hydrogens (tertiary/aromatic N) is 2. The summed E-state index contributed by atoms with van der Waals surface area (Å²) in [6.07, 6.45) is 1.13. The highest BCUT2D eigenvalue weighted by Crippen LogP contribution is 2.22. The van der Waals surface area contributed by atoms with Crippen molar-refractivity contribution < 1.29 is 18.3 Å². The Labute approximate surface area is 147 Å². The van der Waals surface area contributed by atoms with Gasteiger partial charge in [-0.1, -0.05) is 12.1 Å². The van der Waals surface area contributed by atoms with Crippen molar-refractivity contribution in [3.8, 4) is 5.75 Å². The van der Waals surface area contributed by atoms with Crippen molar-refractivity contribution in [2.45, 2.75) is 0 Å².